The third kappa shape index (κ3) is 2.81. The molecule has 4 N–H and O–H groups in total. The van der Waals surface area contributed by atoms with E-state index in [9.17, 15) is 0 Å². The fraction of sp³-hybridized carbons (Fsp3) is 0.200. The summed E-state index contributed by atoms with van der Waals surface area (Å²) in [6, 6.07) is 10.3. The Labute approximate surface area is 127 Å². The first-order valence-corrected chi connectivity index (χ1v) is 7.76. The Morgan fingerprint density at radius 2 is 2.05 bits per heavy atom. The van der Waals surface area contributed by atoms with E-state index in [-0.39, 0.29) is 0 Å². The van der Waals surface area contributed by atoms with Crippen LogP contribution in [0.5, 0.6) is 0 Å². The van der Waals surface area contributed by atoms with E-state index < -0.39 is 0 Å². The molecule has 0 spiro atoms. The highest BCUT2D eigenvalue weighted by molar-refractivity contribution is 7.16. The van der Waals surface area contributed by atoms with Gasteiger partial charge < -0.3 is 5.32 Å². The Morgan fingerprint density at radius 1 is 1.19 bits per heavy atom. The van der Waals surface area contributed by atoms with Crippen molar-refractivity contribution in [1.29, 1.82) is 0 Å². The van der Waals surface area contributed by atoms with Gasteiger partial charge in [0.25, 0.3) is 0 Å². The quantitative estimate of drug-likeness (QED) is 0.495. The predicted molar refractivity (Wildman–Crippen MR) is 88.9 cm³/mol. The summed E-state index contributed by atoms with van der Waals surface area (Å²) in [5, 5.41) is 6.43. The molecule has 0 aliphatic carbocycles. The summed E-state index contributed by atoms with van der Waals surface area (Å²) in [4.78, 5) is 9.69. The number of nitrogen functional groups attached to an aromatic ring is 1. The van der Waals surface area contributed by atoms with Crippen LogP contribution in [-0.2, 0) is 6.42 Å². The van der Waals surface area contributed by atoms with Crippen molar-refractivity contribution < 1.29 is 0 Å². The summed E-state index contributed by atoms with van der Waals surface area (Å²) in [5.41, 5.74) is 4.88. The maximum Gasteiger partial charge on any atom is 0.240 e. The van der Waals surface area contributed by atoms with E-state index in [0.29, 0.717) is 5.95 Å². The SMILES string of the molecule is CCCc1ccccc1Nc1nc(NN)nc2sccc12. The molecule has 0 radical (unpaired) electrons. The molecule has 108 valence electrons. The standard InChI is InChI=1S/C15H17N5S/c1-2-5-10-6-3-4-7-12(10)17-13-11-8-9-21-14(11)19-15(18-13)20-16/h3-4,6-9H,2,5,16H2,1H3,(H2,17,18,19,20). The van der Waals surface area contributed by atoms with Crippen molar-refractivity contribution in [2.75, 3.05) is 10.7 Å². The minimum Gasteiger partial charge on any atom is -0.339 e. The average Bonchev–Trinajstić information content (AvgIpc) is 2.98. The first-order valence-electron chi connectivity index (χ1n) is 6.88. The largest absolute Gasteiger partial charge is 0.339 e. The van der Waals surface area contributed by atoms with Crippen LogP contribution in [0.3, 0.4) is 0 Å². The number of nitrogens with two attached hydrogens (primary N) is 1. The first kappa shape index (κ1) is 13.8. The number of nitrogens with zero attached hydrogens (tertiary/aromatic N) is 2. The topological polar surface area (TPSA) is 75.9 Å². The van der Waals surface area contributed by atoms with E-state index in [2.05, 4.69) is 45.8 Å². The molecule has 0 unspecified atom stereocenters. The molecule has 0 amide bonds. The van der Waals surface area contributed by atoms with Gasteiger partial charge in [-0.05, 0) is 29.5 Å². The second-order valence-electron chi connectivity index (χ2n) is 4.71. The highest BCUT2D eigenvalue weighted by Gasteiger charge is 2.10. The highest BCUT2D eigenvalue weighted by atomic mass is 32.1. The molecule has 3 rings (SSSR count). The molecule has 0 fully saturated rings. The van der Waals surface area contributed by atoms with Gasteiger partial charge in [0, 0.05) is 5.69 Å². The third-order valence-electron chi connectivity index (χ3n) is 3.24. The van der Waals surface area contributed by atoms with Gasteiger partial charge in [-0.25, -0.2) is 10.8 Å². The summed E-state index contributed by atoms with van der Waals surface area (Å²) in [6.45, 7) is 2.18. The zero-order chi connectivity index (χ0) is 14.7. The Bertz CT molecular complexity index is 753. The van der Waals surface area contributed by atoms with E-state index in [1.165, 1.54) is 5.56 Å². The fourth-order valence-electron chi connectivity index (χ4n) is 2.27. The normalized spacial score (nSPS) is 10.8. The number of fused-ring (bicyclic) bond motifs is 1. The van der Waals surface area contributed by atoms with E-state index in [4.69, 9.17) is 5.84 Å². The molecular weight excluding hydrogens is 282 g/mol. The number of rotatable bonds is 5. The molecule has 2 heterocycles. The molecule has 0 aliphatic heterocycles. The molecule has 1 aromatic carbocycles. The molecule has 0 saturated heterocycles. The molecule has 0 aliphatic rings. The van der Waals surface area contributed by atoms with Gasteiger partial charge in [-0.1, -0.05) is 31.5 Å². The lowest BCUT2D eigenvalue weighted by atomic mass is 10.1. The van der Waals surface area contributed by atoms with E-state index in [0.717, 1.165) is 34.6 Å². The van der Waals surface area contributed by atoms with Crippen LogP contribution in [0.15, 0.2) is 35.7 Å². The summed E-state index contributed by atoms with van der Waals surface area (Å²) in [5.74, 6) is 6.64. The van der Waals surface area contributed by atoms with Crippen LogP contribution in [0.2, 0.25) is 0 Å². The maximum absolute atomic E-state index is 5.45. The van der Waals surface area contributed by atoms with Crippen molar-refractivity contribution in [3.8, 4) is 0 Å². The van der Waals surface area contributed by atoms with E-state index >= 15 is 0 Å². The van der Waals surface area contributed by atoms with Gasteiger partial charge in [0.15, 0.2) is 0 Å². The van der Waals surface area contributed by atoms with E-state index in [1.807, 2.05) is 17.5 Å². The molecule has 0 atom stereocenters. The number of anilines is 3. The average molecular weight is 299 g/mol. The number of aryl methyl sites for hydroxylation is 1. The minimum absolute atomic E-state index is 0.417. The lowest BCUT2D eigenvalue weighted by molar-refractivity contribution is 0.923. The van der Waals surface area contributed by atoms with Gasteiger partial charge in [0.05, 0.1) is 5.39 Å². The minimum atomic E-state index is 0.417. The zero-order valence-electron chi connectivity index (χ0n) is 11.8. The molecule has 0 bridgehead atoms. The monoisotopic (exact) mass is 299 g/mol. The zero-order valence-corrected chi connectivity index (χ0v) is 12.6. The number of hydrogen-bond acceptors (Lipinski definition) is 6. The fourth-order valence-corrected chi connectivity index (χ4v) is 3.04. The van der Waals surface area contributed by atoms with Gasteiger partial charge in [-0.2, -0.15) is 4.98 Å². The molecular formula is C15H17N5S. The van der Waals surface area contributed by atoms with Gasteiger partial charge in [-0.3, -0.25) is 5.43 Å². The number of hydrogen-bond donors (Lipinski definition) is 3. The van der Waals surface area contributed by atoms with Gasteiger partial charge >= 0.3 is 0 Å². The number of hydrazine groups is 1. The molecule has 3 aromatic rings. The van der Waals surface area contributed by atoms with Crippen LogP contribution in [0.4, 0.5) is 17.5 Å². The maximum atomic E-state index is 5.45. The van der Waals surface area contributed by atoms with Gasteiger partial charge in [-0.15, -0.1) is 11.3 Å². The Balaban J connectivity index is 2.03. The van der Waals surface area contributed by atoms with Crippen molar-refractivity contribution in [2.24, 2.45) is 5.84 Å². The summed E-state index contributed by atoms with van der Waals surface area (Å²) < 4.78 is 0. The van der Waals surface area contributed by atoms with E-state index in [1.54, 1.807) is 11.3 Å². The highest BCUT2D eigenvalue weighted by Crippen LogP contribution is 2.29. The second kappa shape index (κ2) is 6.07. The van der Waals surface area contributed by atoms with Crippen molar-refractivity contribution in [3.05, 3.63) is 41.3 Å². The number of nitrogens with one attached hydrogen (secondary N) is 2. The number of para-hydroxylation sites is 1. The second-order valence-corrected chi connectivity index (χ2v) is 5.61. The Morgan fingerprint density at radius 3 is 2.86 bits per heavy atom. The molecule has 21 heavy (non-hydrogen) atoms. The van der Waals surface area contributed by atoms with Crippen LogP contribution in [0, 0.1) is 0 Å². The van der Waals surface area contributed by atoms with Crippen LogP contribution < -0.4 is 16.6 Å². The van der Waals surface area contributed by atoms with Crippen LogP contribution >= 0.6 is 11.3 Å². The third-order valence-corrected chi connectivity index (χ3v) is 4.05. The first-order chi connectivity index (χ1) is 10.3. The summed E-state index contributed by atoms with van der Waals surface area (Å²) >= 11 is 1.57. The van der Waals surface area contributed by atoms with Crippen LogP contribution in [0.1, 0.15) is 18.9 Å². The van der Waals surface area contributed by atoms with Crippen molar-refractivity contribution in [3.63, 3.8) is 0 Å². The summed E-state index contributed by atoms with van der Waals surface area (Å²) in [6.07, 6.45) is 2.13. The van der Waals surface area contributed by atoms with Crippen molar-refractivity contribution in [2.45, 2.75) is 19.8 Å². The molecule has 0 saturated carbocycles. The predicted octanol–water partition coefficient (Wildman–Crippen LogP) is 3.67. The number of aromatic nitrogens is 2. The Hall–Kier alpha value is -2.18. The molecule has 2 aromatic heterocycles. The smallest absolute Gasteiger partial charge is 0.240 e. The number of benzene rings is 1. The number of thiophene rings is 1. The van der Waals surface area contributed by atoms with Crippen molar-refractivity contribution in [1.82, 2.24) is 9.97 Å². The van der Waals surface area contributed by atoms with Gasteiger partial charge in [0.2, 0.25) is 5.95 Å². The molecule has 6 heteroatoms. The van der Waals surface area contributed by atoms with Crippen LogP contribution in [-0.4, -0.2) is 9.97 Å². The Kier molecular flexibility index (Phi) is 3.98. The lowest BCUT2D eigenvalue weighted by Crippen LogP contribution is -2.11. The lowest BCUT2D eigenvalue weighted by Gasteiger charge is -2.12. The van der Waals surface area contributed by atoms with Crippen LogP contribution in [0.25, 0.3) is 10.2 Å². The molecule has 5 nitrogen and oxygen atoms in total. The van der Waals surface area contributed by atoms with Gasteiger partial charge in [0.1, 0.15) is 10.6 Å². The van der Waals surface area contributed by atoms with Crippen molar-refractivity contribution >= 4 is 39.0 Å². The summed E-state index contributed by atoms with van der Waals surface area (Å²) in [7, 11) is 0.